The third-order valence-electron chi connectivity index (χ3n) is 4.55. The van der Waals surface area contributed by atoms with Crippen molar-refractivity contribution in [2.75, 3.05) is 11.9 Å². The number of nitrogens with zero attached hydrogens (tertiary/aromatic N) is 3. The first-order valence-corrected chi connectivity index (χ1v) is 7.12. The molecule has 3 N–H and O–H groups in total. The molecule has 2 rings (SSSR count). The standard InChI is InChI=1S/C14H23N5O2/c1-6-21-10-7-14(15,13(10,4)5)11(20)17-12-16-8(2)9(3)18-19-12/h10H,6-7,15H2,1-5H3,(H,16,17,19,20). The number of anilines is 1. The number of amides is 1. The van der Waals surface area contributed by atoms with Crippen molar-refractivity contribution in [2.45, 2.75) is 52.7 Å². The molecule has 116 valence electrons. The summed E-state index contributed by atoms with van der Waals surface area (Å²) in [6, 6.07) is 0. The van der Waals surface area contributed by atoms with Gasteiger partial charge in [0.05, 0.1) is 17.5 Å². The van der Waals surface area contributed by atoms with E-state index >= 15 is 0 Å². The predicted molar refractivity (Wildman–Crippen MR) is 78.7 cm³/mol. The van der Waals surface area contributed by atoms with E-state index in [4.69, 9.17) is 10.5 Å². The molecule has 2 atom stereocenters. The minimum absolute atomic E-state index is 0.0166. The van der Waals surface area contributed by atoms with Gasteiger partial charge in [-0.25, -0.2) is 4.98 Å². The smallest absolute Gasteiger partial charge is 0.249 e. The summed E-state index contributed by atoms with van der Waals surface area (Å²) in [5.41, 5.74) is 6.32. The van der Waals surface area contributed by atoms with E-state index in [-0.39, 0.29) is 18.0 Å². The minimum Gasteiger partial charge on any atom is -0.378 e. The number of aromatic nitrogens is 3. The summed E-state index contributed by atoms with van der Waals surface area (Å²) >= 11 is 0. The Balaban J connectivity index is 2.12. The molecular formula is C14H23N5O2. The molecule has 0 saturated heterocycles. The predicted octanol–water partition coefficient (Wildman–Crippen LogP) is 0.959. The van der Waals surface area contributed by atoms with Crippen LogP contribution in [-0.4, -0.2) is 39.3 Å². The Bertz CT molecular complexity index is 560. The summed E-state index contributed by atoms with van der Waals surface area (Å²) in [6.07, 6.45) is 0.467. The molecule has 1 amide bonds. The molecule has 1 aromatic rings. The minimum atomic E-state index is -0.991. The van der Waals surface area contributed by atoms with Crippen molar-refractivity contribution in [1.29, 1.82) is 0 Å². The fraction of sp³-hybridized carbons (Fsp3) is 0.714. The molecule has 1 aliphatic rings. The van der Waals surface area contributed by atoms with E-state index in [1.165, 1.54) is 0 Å². The Labute approximate surface area is 124 Å². The first-order chi connectivity index (χ1) is 9.72. The molecule has 2 unspecified atom stereocenters. The number of hydrogen-bond donors (Lipinski definition) is 2. The molecule has 1 aliphatic carbocycles. The lowest BCUT2D eigenvalue weighted by molar-refractivity contribution is -0.166. The SMILES string of the molecule is CCOC1CC(N)(C(=O)Nc2nnc(C)c(C)n2)C1(C)C. The van der Waals surface area contributed by atoms with Gasteiger partial charge in [0.1, 0.15) is 5.54 Å². The highest BCUT2D eigenvalue weighted by Gasteiger charge is 2.63. The maximum Gasteiger partial charge on any atom is 0.249 e. The summed E-state index contributed by atoms with van der Waals surface area (Å²) in [4.78, 5) is 16.7. The number of nitrogens with two attached hydrogens (primary N) is 1. The lowest BCUT2D eigenvalue weighted by Crippen LogP contribution is -2.74. The average Bonchev–Trinajstić information content (AvgIpc) is 2.42. The monoisotopic (exact) mass is 293 g/mol. The van der Waals surface area contributed by atoms with Crippen LogP contribution in [0.4, 0.5) is 5.95 Å². The van der Waals surface area contributed by atoms with E-state index in [1.807, 2.05) is 34.6 Å². The summed E-state index contributed by atoms with van der Waals surface area (Å²) in [5, 5.41) is 10.5. The first-order valence-electron chi connectivity index (χ1n) is 7.12. The van der Waals surface area contributed by atoms with Crippen LogP contribution < -0.4 is 11.1 Å². The Morgan fingerprint density at radius 3 is 2.57 bits per heavy atom. The largest absolute Gasteiger partial charge is 0.378 e. The van der Waals surface area contributed by atoms with Gasteiger partial charge in [-0.05, 0) is 20.8 Å². The Morgan fingerprint density at radius 1 is 1.38 bits per heavy atom. The Kier molecular flexibility index (Phi) is 3.99. The summed E-state index contributed by atoms with van der Waals surface area (Å²) in [7, 11) is 0. The normalized spacial score (nSPS) is 27.0. The average molecular weight is 293 g/mol. The number of aryl methyl sites for hydroxylation is 2. The van der Waals surface area contributed by atoms with E-state index in [2.05, 4.69) is 20.5 Å². The first kappa shape index (κ1) is 15.8. The quantitative estimate of drug-likeness (QED) is 0.857. The van der Waals surface area contributed by atoms with Crippen LogP contribution in [-0.2, 0) is 9.53 Å². The number of carbonyl (C=O) groups is 1. The van der Waals surface area contributed by atoms with Gasteiger partial charge in [0.25, 0.3) is 0 Å². The van der Waals surface area contributed by atoms with E-state index in [0.717, 1.165) is 11.4 Å². The summed E-state index contributed by atoms with van der Waals surface area (Å²) < 4.78 is 5.62. The summed E-state index contributed by atoms with van der Waals surface area (Å²) in [5.74, 6) is -0.114. The molecule has 1 heterocycles. The molecule has 1 saturated carbocycles. The van der Waals surface area contributed by atoms with Crippen LogP contribution in [0.2, 0.25) is 0 Å². The zero-order chi connectivity index (χ0) is 15.8. The van der Waals surface area contributed by atoms with Gasteiger partial charge in [-0.3, -0.25) is 10.1 Å². The van der Waals surface area contributed by atoms with E-state index in [9.17, 15) is 4.79 Å². The molecule has 0 spiro atoms. The highest BCUT2D eigenvalue weighted by Crippen LogP contribution is 2.50. The van der Waals surface area contributed by atoms with E-state index < -0.39 is 11.0 Å². The van der Waals surface area contributed by atoms with Crippen molar-refractivity contribution in [1.82, 2.24) is 15.2 Å². The molecule has 1 aromatic heterocycles. The molecule has 0 radical (unpaired) electrons. The molecule has 0 aromatic carbocycles. The van der Waals surface area contributed by atoms with Crippen LogP contribution in [0.3, 0.4) is 0 Å². The molecule has 7 nitrogen and oxygen atoms in total. The van der Waals surface area contributed by atoms with Crippen molar-refractivity contribution in [3.8, 4) is 0 Å². The second-order valence-corrected chi connectivity index (χ2v) is 6.10. The highest BCUT2D eigenvalue weighted by molar-refractivity contribution is 5.98. The van der Waals surface area contributed by atoms with Crippen molar-refractivity contribution in [2.24, 2.45) is 11.1 Å². The van der Waals surface area contributed by atoms with Gasteiger partial charge >= 0.3 is 0 Å². The fourth-order valence-corrected chi connectivity index (χ4v) is 2.54. The second-order valence-electron chi connectivity index (χ2n) is 6.10. The topological polar surface area (TPSA) is 103 Å². The van der Waals surface area contributed by atoms with Crippen LogP contribution in [0, 0.1) is 19.3 Å². The van der Waals surface area contributed by atoms with Gasteiger partial charge in [-0.15, -0.1) is 5.10 Å². The molecule has 0 bridgehead atoms. The second kappa shape index (κ2) is 5.31. The van der Waals surface area contributed by atoms with Gasteiger partial charge in [0.2, 0.25) is 11.9 Å². The highest BCUT2D eigenvalue weighted by atomic mass is 16.5. The zero-order valence-corrected chi connectivity index (χ0v) is 13.2. The third kappa shape index (κ3) is 2.51. The maximum absolute atomic E-state index is 12.5. The summed E-state index contributed by atoms with van der Waals surface area (Å²) in [6.45, 7) is 10.0. The van der Waals surface area contributed by atoms with Gasteiger partial charge in [-0.1, -0.05) is 13.8 Å². The van der Waals surface area contributed by atoms with E-state index in [0.29, 0.717) is 13.0 Å². The number of rotatable bonds is 4. The lowest BCUT2D eigenvalue weighted by atomic mass is 9.54. The number of hydrogen-bond acceptors (Lipinski definition) is 6. The van der Waals surface area contributed by atoms with Gasteiger partial charge < -0.3 is 10.5 Å². The van der Waals surface area contributed by atoms with E-state index in [1.54, 1.807) is 0 Å². The van der Waals surface area contributed by atoms with Crippen LogP contribution in [0.25, 0.3) is 0 Å². The fourth-order valence-electron chi connectivity index (χ4n) is 2.54. The van der Waals surface area contributed by atoms with Crippen LogP contribution in [0.5, 0.6) is 0 Å². The van der Waals surface area contributed by atoms with Gasteiger partial charge in [0, 0.05) is 18.4 Å². The van der Waals surface area contributed by atoms with Crippen molar-refractivity contribution in [3.05, 3.63) is 11.4 Å². The van der Waals surface area contributed by atoms with Crippen molar-refractivity contribution >= 4 is 11.9 Å². The maximum atomic E-state index is 12.5. The van der Waals surface area contributed by atoms with Gasteiger partial charge in [0.15, 0.2) is 0 Å². The lowest BCUT2D eigenvalue weighted by Gasteiger charge is -2.57. The number of nitrogens with one attached hydrogen (secondary N) is 1. The van der Waals surface area contributed by atoms with Crippen LogP contribution in [0.15, 0.2) is 0 Å². The zero-order valence-electron chi connectivity index (χ0n) is 13.2. The molecular weight excluding hydrogens is 270 g/mol. The molecule has 7 heteroatoms. The Morgan fingerprint density at radius 2 is 2.05 bits per heavy atom. The molecule has 1 fully saturated rings. The van der Waals surface area contributed by atoms with Crippen LogP contribution >= 0.6 is 0 Å². The number of ether oxygens (including phenoxy) is 1. The third-order valence-corrected chi connectivity index (χ3v) is 4.55. The molecule has 21 heavy (non-hydrogen) atoms. The number of carbonyl (C=O) groups excluding carboxylic acids is 1. The van der Waals surface area contributed by atoms with Crippen molar-refractivity contribution < 1.29 is 9.53 Å². The molecule has 0 aliphatic heterocycles. The van der Waals surface area contributed by atoms with Crippen LogP contribution in [0.1, 0.15) is 38.6 Å². The van der Waals surface area contributed by atoms with Crippen molar-refractivity contribution in [3.63, 3.8) is 0 Å². The Hall–Kier alpha value is -1.60. The van der Waals surface area contributed by atoms with Gasteiger partial charge in [-0.2, -0.15) is 5.10 Å².